The number of nitrogens with zero attached hydrogens (tertiary/aromatic N) is 3. The van der Waals surface area contributed by atoms with Crippen LogP contribution in [0.15, 0.2) is 54.1 Å². The van der Waals surface area contributed by atoms with Crippen molar-refractivity contribution in [1.29, 1.82) is 0 Å². The third-order valence-corrected chi connectivity index (χ3v) is 12.0. The number of likely N-dealkylation sites (N-methyl/N-ethyl adjacent to an activating group) is 1. The van der Waals surface area contributed by atoms with E-state index in [0.717, 1.165) is 32.6 Å². The molecule has 0 saturated carbocycles. The first kappa shape index (κ1) is 43.3. The van der Waals surface area contributed by atoms with Gasteiger partial charge in [0.15, 0.2) is 12.1 Å². The molecule has 1 aromatic rings. The number of rotatable bonds is 7. The molecule has 0 spiro atoms. The molecule has 2 fully saturated rings. The third-order valence-electron chi connectivity index (χ3n) is 12.0. The van der Waals surface area contributed by atoms with Gasteiger partial charge in [-0.25, -0.2) is 0 Å². The number of allylic oxidation sites excluding steroid dienone is 3. The molecule has 298 valence electrons. The minimum atomic E-state index is -1.44. The molecule has 0 amide bonds. The molecule has 0 aromatic heterocycles. The van der Waals surface area contributed by atoms with Crippen LogP contribution in [0.25, 0.3) is 0 Å². The highest BCUT2D eigenvalue weighted by atomic mass is 16.7. The Morgan fingerprint density at radius 2 is 1.70 bits per heavy atom. The summed E-state index contributed by atoms with van der Waals surface area (Å²) in [7, 11) is 7.66. The smallest absolute Gasteiger partial charge is 0.319 e. The van der Waals surface area contributed by atoms with Crippen LogP contribution in [-0.2, 0) is 28.5 Å². The Hall–Kier alpha value is -2.44. The van der Waals surface area contributed by atoms with Crippen LogP contribution < -0.4 is 0 Å². The van der Waals surface area contributed by atoms with E-state index in [4.69, 9.17) is 18.9 Å². The molecule has 2 aliphatic heterocycles. The van der Waals surface area contributed by atoms with Gasteiger partial charge in [-0.3, -0.25) is 14.5 Å². The summed E-state index contributed by atoms with van der Waals surface area (Å²) < 4.78 is 25.1. The number of carbonyl (C=O) groups is 2. The molecule has 2 saturated heterocycles. The van der Waals surface area contributed by atoms with E-state index >= 15 is 0 Å². The highest BCUT2D eigenvalue weighted by Crippen LogP contribution is 2.38. The average molecular weight is 740 g/mol. The Bertz CT molecular complexity index is 1400. The molecule has 2 unspecified atom stereocenters. The van der Waals surface area contributed by atoms with Gasteiger partial charge in [0.1, 0.15) is 18.1 Å². The van der Waals surface area contributed by atoms with Crippen LogP contribution in [0.3, 0.4) is 0 Å². The van der Waals surface area contributed by atoms with Gasteiger partial charge in [-0.2, -0.15) is 0 Å². The minimum Gasteiger partial charge on any atom is -0.464 e. The Morgan fingerprint density at radius 1 is 1.00 bits per heavy atom. The first-order valence-corrected chi connectivity index (χ1v) is 19.7. The van der Waals surface area contributed by atoms with Crippen molar-refractivity contribution in [3.8, 4) is 0 Å². The van der Waals surface area contributed by atoms with Gasteiger partial charge in [0.25, 0.3) is 0 Å². The maximum atomic E-state index is 14.5. The van der Waals surface area contributed by atoms with Crippen molar-refractivity contribution in [1.82, 2.24) is 14.7 Å². The summed E-state index contributed by atoms with van der Waals surface area (Å²) in [5.41, 5.74) is 0.282. The molecule has 3 aliphatic rings. The highest BCUT2D eigenvalue weighted by molar-refractivity contribution is 6.04. The highest BCUT2D eigenvalue weighted by Gasteiger charge is 2.51. The lowest BCUT2D eigenvalue weighted by Crippen LogP contribution is -2.59. The van der Waals surface area contributed by atoms with Gasteiger partial charge in [0, 0.05) is 44.6 Å². The number of hydrogen-bond acceptors (Lipinski definition) is 10. The van der Waals surface area contributed by atoms with Crippen molar-refractivity contribution in [3.05, 3.63) is 59.7 Å². The molecule has 10 heteroatoms. The summed E-state index contributed by atoms with van der Waals surface area (Å²) in [5.74, 6) is -0.818. The van der Waals surface area contributed by atoms with Crippen molar-refractivity contribution >= 4 is 11.8 Å². The molecule has 1 aliphatic carbocycles. The molecular formula is C43H69N3O7. The van der Waals surface area contributed by atoms with Crippen molar-refractivity contribution in [2.75, 3.05) is 67.6 Å². The van der Waals surface area contributed by atoms with Crippen molar-refractivity contribution in [2.24, 2.45) is 23.2 Å². The van der Waals surface area contributed by atoms with Crippen molar-refractivity contribution in [3.63, 3.8) is 0 Å². The fourth-order valence-corrected chi connectivity index (χ4v) is 8.75. The molecule has 1 aromatic carbocycles. The van der Waals surface area contributed by atoms with Gasteiger partial charge in [-0.15, -0.1) is 0 Å². The zero-order chi connectivity index (χ0) is 39.1. The van der Waals surface area contributed by atoms with Crippen molar-refractivity contribution in [2.45, 2.75) is 110 Å². The lowest BCUT2D eigenvalue weighted by Gasteiger charge is -2.47. The quantitative estimate of drug-likeness (QED) is 0.283. The summed E-state index contributed by atoms with van der Waals surface area (Å²) >= 11 is 0. The lowest BCUT2D eigenvalue weighted by molar-refractivity contribution is -0.295. The summed E-state index contributed by atoms with van der Waals surface area (Å²) in [4.78, 5) is 35.0. The van der Waals surface area contributed by atoms with Gasteiger partial charge < -0.3 is 33.9 Å². The van der Waals surface area contributed by atoms with Crippen LogP contribution in [0, 0.1) is 23.2 Å². The first-order chi connectivity index (χ1) is 25.0. The molecule has 4 rings (SSSR count). The largest absolute Gasteiger partial charge is 0.464 e. The Balaban J connectivity index is 1.58. The van der Waals surface area contributed by atoms with Gasteiger partial charge in [0.05, 0.1) is 17.8 Å². The summed E-state index contributed by atoms with van der Waals surface area (Å²) in [6.45, 7) is 17.6. The fraction of sp³-hybridized carbons (Fsp3) is 0.721. The lowest BCUT2D eigenvalue weighted by atomic mass is 9.74. The van der Waals surface area contributed by atoms with Gasteiger partial charge in [0.2, 0.25) is 0 Å². The van der Waals surface area contributed by atoms with Gasteiger partial charge >= 0.3 is 5.97 Å². The maximum absolute atomic E-state index is 14.5. The molecular weight excluding hydrogens is 670 g/mol. The maximum Gasteiger partial charge on any atom is 0.319 e. The monoisotopic (exact) mass is 740 g/mol. The van der Waals surface area contributed by atoms with Crippen LogP contribution in [0.2, 0.25) is 0 Å². The first-order valence-electron chi connectivity index (χ1n) is 19.7. The zero-order valence-corrected chi connectivity index (χ0v) is 34.4. The number of methoxy groups -OCH3 is 1. The van der Waals surface area contributed by atoms with E-state index in [2.05, 4.69) is 79.3 Å². The fourth-order valence-electron chi connectivity index (χ4n) is 8.75. The molecule has 1 N–H and O–H groups in total. The SMILES string of the molecule is CO[C@]1(C)C[C@@H](C)CN(C)CCCN(CC2=CC=CC(c3ccccc3)C2C)CCOC(=O)C(C)(C)C(=O)[C@H](C)[C@H]1O[C@@H]1O[C@H](C)C[C@H](N(C)C)[C@H]1O. The molecule has 0 bridgehead atoms. The molecule has 53 heavy (non-hydrogen) atoms. The van der Waals surface area contributed by atoms with E-state index in [1.54, 1.807) is 27.9 Å². The second-order valence-electron chi connectivity index (χ2n) is 17.1. The number of hydrogen-bond donors (Lipinski definition) is 1. The second-order valence-corrected chi connectivity index (χ2v) is 17.1. The summed E-state index contributed by atoms with van der Waals surface area (Å²) in [6.07, 6.45) is 5.98. The zero-order valence-electron chi connectivity index (χ0n) is 34.4. The molecule has 0 radical (unpaired) electrons. The number of carbonyl (C=O) groups excluding carboxylic acids is 2. The number of ketones is 1. The normalized spacial score (nSPS) is 36.2. The summed E-state index contributed by atoms with van der Waals surface area (Å²) in [6, 6.07) is 10.5. The number of ether oxygens (including phenoxy) is 4. The number of aliphatic hydroxyl groups excluding tert-OH is 1. The predicted molar refractivity (Wildman–Crippen MR) is 210 cm³/mol. The van der Waals surface area contributed by atoms with Gasteiger partial charge in [-0.1, -0.05) is 74.9 Å². The summed E-state index contributed by atoms with van der Waals surface area (Å²) in [5, 5.41) is 11.4. The minimum absolute atomic E-state index is 0.163. The van der Waals surface area contributed by atoms with Crippen LogP contribution in [-0.4, -0.2) is 135 Å². The van der Waals surface area contributed by atoms with E-state index in [1.807, 2.05) is 32.8 Å². The van der Waals surface area contributed by atoms with Crippen LogP contribution >= 0.6 is 0 Å². The molecule has 10 nitrogen and oxygen atoms in total. The number of aliphatic hydroxyl groups is 1. The van der Waals surface area contributed by atoms with Gasteiger partial charge in [-0.05, 0) is 98.6 Å². The van der Waals surface area contributed by atoms with E-state index in [-0.39, 0.29) is 30.5 Å². The van der Waals surface area contributed by atoms with Crippen LogP contribution in [0.1, 0.15) is 79.2 Å². The molecule has 2 heterocycles. The van der Waals surface area contributed by atoms with E-state index < -0.39 is 41.4 Å². The van der Waals surface area contributed by atoms with E-state index in [0.29, 0.717) is 31.2 Å². The third kappa shape index (κ3) is 10.9. The Morgan fingerprint density at radius 3 is 2.36 bits per heavy atom. The Kier molecular flexibility index (Phi) is 15.5. The van der Waals surface area contributed by atoms with Crippen LogP contribution in [0.5, 0.6) is 0 Å². The van der Waals surface area contributed by atoms with Crippen LogP contribution in [0.4, 0.5) is 0 Å². The predicted octanol–water partition coefficient (Wildman–Crippen LogP) is 5.56. The number of esters is 1. The van der Waals surface area contributed by atoms with E-state index in [1.165, 1.54) is 11.1 Å². The number of Topliss-reactive ketones (excluding diaryl/α,β-unsaturated/α-hetero) is 1. The average Bonchev–Trinajstić information content (AvgIpc) is 3.11. The van der Waals surface area contributed by atoms with Crippen molar-refractivity contribution < 1.29 is 33.6 Å². The topological polar surface area (TPSA) is 101 Å². The second kappa shape index (κ2) is 18.9. The number of cyclic esters (lactones) is 1. The van der Waals surface area contributed by atoms with E-state index in [9.17, 15) is 14.7 Å². The Labute approximate surface area is 319 Å². The number of benzene rings is 1. The standard InChI is InChI=1S/C43H69N3O7/c1-29-26-43(7,50-11)39(53-40-37(47)36(44(8)9)25-30(2)52-40)32(4)38(48)42(5,6)41(49)51-24-23-46(22-16-21-45(10)27-29)28-34-19-15-20-35(31(34)3)33-17-13-12-14-18-33/h12-15,17-20,29-32,35-37,39-40,47H,16,21-28H2,1-11H3/t29-,30-,31?,32+,35?,36+,37-,39-,40+,43-/m1/s1. The molecule has 10 atom stereocenters.